The second kappa shape index (κ2) is 13.3. The Morgan fingerprint density at radius 2 is 1.70 bits per heavy atom. The Hall–Kier alpha value is -0.890. The van der Waals surface area contributed by atoms with Crippen LogP contribution in [0.25, 0.3) is 0 Å². The van der Waals surface area contributed by atoms with Gasteiger partial charge in [-0.3, -0.25) is 4.79 Å². The smallest absolute Gasteiger partial charge is 0.308 e. The van der Waals surface area contributed by atoms with Gasteiger partial charge in [0.15, 0.2) is 11.6 Å². The van der Waals surface area contributed by atoms with Crippen LogP contribution in [-0.2, 0) is 33.2 Å². The van der Waals surface area contributed by atoms with E-state index in [4.69, 9.17) is 28.4 Å². The maximum Gasteiger partial charge on any atom is 0.308 e. The number of carboxylic acid groups (broad SMARTS) is 1. The highest BCUT2D eigenvalue weighted by atomic mass is 16.7. The minimum Gasteiger partial charge on any atom is -0.481 e. The van der Waals surface area contributed by atoms with E-state index in [1.165, 1.54) is 7.11 Å². The Labute approximate surface area is 281 Å². The Balaban J connectivity index is 1.29. The second-order valence-corrected chi connectivity index (χ2v) is 16.5. The molecule has 11 heteroatoms. The fourth-order valence-electron chi connectivity index (χ4n) is 10.0. The lowest BCUT2D eigenvalue weighted by atomic mass is 9.75. The monoisotopic (exact) mass is 670 g/mol. The highest BCUT2D eigenvalue weighted by molar-refractivity contribution is 5.70. The Kier molecular flexibility index (Phi) is 10.6. The number of aliphatic hydroxyl groups is 3. The van der Waals surface area contributed by atoms with Crippen LogP contribution in [-0.4, -0.2) is 105 Å². The highest BCUT2D eigenvalue weighted by Crippen LogP contribution is 2.55. The van der Waals surface area contributed by atoms with Gasteiger partial charge in [0.25, 0.3) is 0 Å². The molecule has 0 aromatic rings. The molecule has 16 atom stereocenters. The molecule has 4 N–H and O–H groups in total. The van der Waals surface area contributed by atoms with Gasteiger partial charge in [0.2, 0.25) is 0 Å². The normalized spacial score (nSPS) is 50.9. The van der Waals surface area contributed by atoms with Crippen molar-refractivity contribution >= 4 is 5.97 Å². The van der Waals surface area contributed by atoms with E-state index in [-0.39, 0.29) is 48.1 Å². The minimum absolute atomic E-state index is 0.155. The van der Waals surface area contributed by atoms with Gasteiger partial charge in [0.1, 0.15) is 0 Å². The predicted octanol–water partition coefficient (Wildman–Crippen LogP) is 4.42. The Morgan fingerprint density at radius 1 is 1.00 bits per heavy atom. The van der Waals surface area contributed by atoms with Gasteiger partial charge in [-0.15, -0.1) is 0 Å². The fraction of sp³-hybridized carbons (Fsp3) is 0.972. The summed E-state index contributed by atoms with van der Waals surface area (Å²) >= 11 is 0. The van der Waals surface area contributed by atoms with E-state index in [1.54, 1.807) is 6.92 Å². The van der Waals surface area contributed by atoms with Gasteiger partial charge in [-0.25, -0.2) is 0 Å². The summed E-state index contributed by atoms with van der Waals surface area (Å²) < 4.78 is 39.5. The standard InChI is InChI=1S/C36H62O11/c1-10-34(30-21(3)16-26(43-30)28-20(2)15-22(4)36(41,19-37)45-28)12-11-27(44-34)32(7)13-14-35(46-32)18-25(38)17-33(8,47-35)24(6)29(42-9)23(5)31(39)40/h20-30,37-38,41H,10-19H2,1-9H3,(H,39,40)/t20-,21-,22+,23-,24-,25+,26+,27+,28-,29-,30+,32-,33-,34-,35-,36-/m0/s1. The number of methoxy groups -OCH3 is 1. The number of ether oxygens (including phenoxy) is 6. The van der Waals surface area contributed by atoms with Crippen LogP contribution in [0.4, 0.5) is 0 Å². The second-order valence-electron chi connectivity index (χ2n) is 16.5. The topological polar surface area (TPSA) is 153 Å². The first-order chi connectivity index (χ1) is 21.9. The third kappa shape index (κ3) is 6.67. The zero-order chi connectivity index (χ0) is 34.7. The third-order valence-electron chi connectivity index (χ3n) is 13.1. The number of hydrogen-bond donors (Lipinski definition) is 4. The number of carbonyl (C=O) groups is 1. The Bertz CT molecular complexity index is 1120. The number of aliphatic hydroxyl groups excluding tert-OH is 2. The molecule has 0 radical (unpaired) electrons. The summed E-state index contributed by atoms with van der Waals surface area (Å²) in [6.45, 7) is 15.5. The highest BCUT2D eigenvalue weighted by Gasteiger charge is 2.63. The lowest BCUT2D eigenvalue weighted by molar-refractivity contribution is -0.350. The molecular weight excluding hydrogens is 608 g/mol. The van der Waals surface area contributed by atoms with Crippen molar-refractivity contribution in [1.82, 2.24) is 0 Å². The maximum atomic E-state index is 11.9. The van der Waals surface area contributed by atoms with E-state index in [0.29, 0.717) is 25.7 Å². The molecular formula is C36H62O11. The Morgan fingerprint density at radius 3 is 2.32 bits per heavy atom. The summed E-state index contributed by atoms with van der Waals surface area (Å²) in [5.41, 5.74) is -2.02. The number of carboxylic acids is 1. The van der Waals surface area contributed by atoms with Crippen molar-refractivity contribution in [1.29, 1.82) is 0 Å². The van der Waals surface area contributed by atoms with Gasteiger partial charge in [0, 0.05) is 38.2 Å². The van der Waals surface area contributed by atoms with Crippen LogP contribution in [0.1, 0.15) is 113 Å². The van der Waals surface area contributed by atoms with Crippen molar-refractivity contribution in [2.24, 2.45) is 29.6 Å². The molecule has 1 spiro atoms. The lowest BCUT2D eigenvalue weighted by Crippen LogP contribution is -2.59. The first-order valence-corrected chi connectivity index (χ1v) is 18.1. The molecule has 47 heavy (non-hydrogen) atoms. The van der Waals surface area contributed by atoms with Crippen LogP contribution < -0.4 is 0 Å². The lowest BCUT2D eigenvalue weighted by Gasteiger charge is -2.51. The molecule has 0 aromatic carbocycles. The van der Waals surface area contributed by atoms with Crippen molar-refractivity contribution in [2.75, 3.05) is 13.7 Å². The van der Waals surface area contributed by atoms with E-state index >= 15 is 0 Å². The van der Waals surface area contributed by atoms with E-state index in [1.807, 2.05) is 20.8 Å². The summed E-state index contributed by atoms with van der Waals surface area (Å²) in [6.07, 6.45) is 3.76. The minimum atomic E-state index is -1.56. The van der Waals surface area contributed by atoms with Gasteiger partial charge >= 0.3 is 5.97 Å². The summed E-state index contributed by atoms with van der Waals surface area (Å²) in [6, 6.07) is 0. The molecule has 0 unspecified atom stereocenters. The van der Waals surface area contributed by atoms with Gasteiger partial charge in [-0.1, -0.05) is 34.6 Å². The molecule has 0 bridgehead atoms. The SMILES string of the molecule is CC[C@@]1([C@@H]2O[C@@H]([C@H]3O[C@@](O)(CO)[C@H](C)C[C@@H]3C)C[C@@H]2C)CC[C@H]([C@]2(C)CC[C@]3(C[C@H](O)C[C@@](C)([C@@H](C)[C@@H](OC)[C@H](C)C(=O)O)O3)O2)O1. The van der Waals surface area contributed by atoms with Gasteiger partial charge in [-0.05, 0) is 71.1 Å². The number of aliphatic carboxylic acids is 1. The molecule has 0 amide bonds. The summed E-state index contributed by atoms with van der Waals surface area (Å²) in [7, 11) is 1.52. The average molecular weight is 671 g/mol. The molecule has 11 nitrogen and oxygen atoms in total. The predicted molar refractivity (Wildman–Crippen MR) is 172 cm³/mol. The largest absolute Gasteiger partial charge is 0.481 e. The van der Waals surface area contributed by atoms with Crippen molar-refractivity contribution < 1.29 is 53.6 Å². The third-order valence-corrected chi connectivity index (χ3v) is 13.1. The maximum absolute atomic E-state index is 11.9. The zero-order valence-corrected chi connectivity index (χ0v) is 30.1. The summed E-state index contributed by atoms with van der Waals surface area (Å²) in [4.78, 5) is 11.9. The average Bonchev–Trinajstić information content (AvgIpc) is 3.71. The van der Waals surface area contributed by atoms with E-state index in [0.717, 1.165) is 32.1 Å². The van der Waals surface area contributed by atoms with Crippen LogP contribution in [0.5, 0.6) is 0 Å². The number of hydrogen-bond acceptors (Lipinski definition) is 10. The molecule has 5 heterocycles. The molecule has 0 saturated carbocycles. The van der Waals surface area contributed by atoms with E-state index < -0.39 is 59.1 Å². The van der Waals surface area contributed by atoms with E-state index in [2.05, 4.69) is 27.7 Å². The van der Waals surface area contributed by atoms with Gasteiger partial charge in [0.05, 0.1) is 66.0 Å². The molecule has 5 aliphatic rings. The van der Waals surface area contributed by atoms with Crippen LogP contribution in [0.15, 0.2) is 0 Å². The summed E-state index contributed by atoms with van der Waals surface area (Å²) in [5.74, 6) is -4.37. The van der Waals surface area contributed by atoms with Crippen molar-refractivity contribution in [3.05, 3.63) is 0 Å². The first kappa shape index (κ1) is 37.4. The van der Waals surface area contributed by atoms with Gasteiger partial charge in [-0.2, -0.15) is 0 Å². The van der Waals surface area contributed by atoms with Crippen molar-refractivity contribution in [3.63, 3.8) is 0 Å². The van der Waals surface area contributed by atoms with Crippen LogP contribution in [0.3, 0.4) is 0 Å². The van der Waals surface area contributed by atoms with Crippen molar-refractivity contribution in [2.45, 2.75) is 178 Å². The number of rotatable bonds is 10. The van der Waals surface area contributed by atoms with Crippen LogP contribution >= 0.6 is 0 Å². The van der Waals surface area contributed by atoms with E-state index in [9.17, 15) is 25.2 Å². The quantitative estimate of drug-likeness (QED) is 0.261. The van der Waals surface area contributed by atoms with Crippen molar-refractivity contribution in [3.8, 4) is 0 Å². The molecule has 5 aliphatic heterocycles. The molecule has 272 valence electrons. The fourth-order valence-corrected chi connectivity index (χ4v) is 10.0. The molecule has 5 rings (SSSR count). The molecule has 5 fully saturated rings. The van der Waals surface area contributed by atoms with Gasteiger partial charge < -0.3 is 48.8 Å². The van der Waals surface area contributed by atoms with Crippen LogP contribution in [0.2, 0.25) is 0 Å². The molecule has 0 aromatic heterocycles. The molecule has 0 aliphatic carbocycles. The summed E-state index contributed by atoms with van der Waals surface area (Å²) in [5, 5.41) is 41.8. The molecule has 5 saturated heterocycles. The van der Waals surface area contributed by atoms with Crippen LogP contribution in [0, 0.1) is 29.6 Å². The zero-order valence-electron chi connectivity index (χ0n) is 30.1. The first-order valence-electron chi connectivity index (χ1n) is 18.1.